The van der Waals surface area contributed by atoms with Crippen LogP contribution >= 0.6 is 0 Å². The van der Waals surface area contributed by atoms with E-state index in [1.165, 1.54) is 0 Å². The fourth-order valence-electron chi connectivity index (χ4n) is 2.97. The van der Waals surface area contributed by atoms with Gasteiger partial charge >= 0.3 is 0 Å². The number of benzene rings is 2. The number of aryl methyl sites for hydroxylation is 3. The summed E-state index contributed by atoms with van der Waals surface area (Å²) in [4.78, 5) is 25.7. The minimum absolute atomic E-state index is 0.0155. The van der Waals surface area contributed by atoms with Crippen molar-refractivity contribution in [1.29, 1.82) is 0 Å². The number of carbonyl (C=O) groups is 2. The third-order valence-electron chi connectivity index (χ3n) is 4.46. The number of rotatable bonds is 8. The van der Waals surface area contributed by atoms with Crippen molar-refractivity contribution in [2.75, 3.05) is 11.5 Å². The quantitative estimate of drug-likeness (QED) is 0.682. The van der Waals surface area contributed by atoms with Crippen LogP contribution in [0.15, 0.2) is 42.5 Å². The minimum Gasteiger partial charge on any atom is -0.484 e. The fraction of sp³-hybridized carbons (Fsp3) is 0.391. The standard InChI is InChI=1S/C23H29NO3/c1-16(2)24(22-14-17(3)6-7-18(22)4)23(26)15-27-21-12-10-20(11-13-21)9-8-19(5)25/h6-7,10-14,16H,8-9,15H2,1-5H3. The van der Waals surface area contributed by atoms with Crippen LogP contribution in [0.5, 0.6) is 5.75 Å². The lowest BCUT2D eigenvalue weighted by Gasteiger charge is -2.28. The molecule has 0 atom stereocenters. The summed E-state index contributed by atoms with van der Waals surface area (Å²) < 4.78 is 5.71. The van der Waals surface area contributed by atoms with Crippen molar-refractivity contribution in [3.63, 3.8) is 0 Å². The molecule has 144 valence electrons. The minimum atomic E-state index is -0.0700. The van der Waals surface area contributed by atoms with Crippen LogP contribution in [0, 0.1) is 13.8 Å². The van der Waals surface area contributed by atoms with Crippen LogP contribution in [0.3, 0.4) is 0 Å². The van der Waals surface area contributed by atoms with E-state index in [0.29, 0.717) is 12.2 Å². The number of carbonyl (C=O) groups excluding carboxylic acids is 2. The zero-order valence-corrected chi connectivity index (χ0v) is 16.9. The molecule has 2 aromatic rings. The molecule has 0 aliphatic heterocycles. The van der Waals surface area contributed by atoms with Gasteiger partial charge in [0.15, 0.2) is 6.61 Å². The third kappa shape index (κ3) is 5.95. The number of anilines is 1. The Bertz CT molecular complexity index is 794. The predicted octanol–water partition coefficient (Wildman–Crippen LogP) is 4.65. The van der Waals surface area contributed by atoms with Gasteiger partial charge in [0, 0.05) is 18.2 Å². The number of Topliss-reactive ketones (excluding diaryl/α,β-unsaturated/α-hetero) is 1. The van der Waals surface area contributed by atoms with Gasteiger partial charge in [-0.25, -0.2) is 0 Å². The van der Waals surface area contributed by atoms with E-state index in [9.17, 15) is 9.59 Å². The Labute approximate surface area is 162 Å². The maximum Gasteiger partial charge on any atom is 0.265 e. The molecular formula is C23H29NO3. The first-order valence-corrected chi connectivity index (χ1v) is 9.38. The van der Waals surface area contributed by atoms with E-state index in [4.69, 9.17) is 4.74 Å². The lowest BCUT2D eigenvalue weighted by molar-refractivity contribution is -0.121. The smallest absolute Gasteiger partial charge is 0.265 e. The average molecular weight is 367 g/mol. The lowest BCUT2D eigenvalue weighted by atomic mass is 10.1. The summed E-state index contributed by atoms with van der Waals surface area (Å²) in [5.41, 5.74) is 4.20. The van der Waals surface area contributed by atoms with Gasteiger partial charge < -0.3 is 14.4 Å². The Morgan fingerprint density at radius 2 is 1.70 bits per heavy atom. The molecule has 0 aliphatic carbocycles. The highest BCUT2D eigenvalue weighted by atomic mass is 16.5. The number of nitrogens with zero attached hydrogens (tertiary/aromatic N) is 1. The molecule has 1 amide bonds. The van der Waals surface area contributed by atoms with E-state index >= 15 is 0 Å². The predicted molar refractivity (Wildman–Crippen MR) is 109 cm³/mol. The largest absolute Gasteiger partial charge is 0.484 e. The molecule has 0 radical (unpaired) electrons. The Morgan fingerprint density at radius 3 is 2.30 bits per heavy atom. The SMILES string of the molecule is CC(=O)CCc1ccc(OCC(=O)N(c2cc(C)ccc2C)C(C)C)cc1. The molecule has 0 unspecified atom stereocenters. The molecule has 0 fully saturated rings. The molecule has 0 spiro atoms. The zero-order valence-electron chi connectivity index (χ0n) is 16.9. The highest BCUT2D eigenvalue weighted by molar-refractivity contribution is 5.95. The third-order valence-corrected chi connectivity index (χ3v) is 4.46. The van der Waals surface area contributed by atoms with Gasteiger partial charge in [-0.05, 0) is 75.9 Å². The Morgan fingerprint density at radius 1 is 1.04 bits per heavy atom. The highest BCUT2D eigenvalue weighted by Crippen LogP contribution is 2.24. The van der Waals surface area contributed by atoms with Crippen LogP contribution in [0.2, 0.25) is 0 Å². The van der Waals surface area contributed by atoms with E-state index in [0.717, 1.165) is 28.8 Å². The molecule has 0 aliphatic rings. The van der Waals surface area contributed by atoms with Gasteiger partial charge in [-0.15, -0.1) is 0 Å². The maximum absolute atomic E-state index is 12.8. The van der Waals surface area contributed by atoms with Crippen LogP contribution in [-0.2, 0) is 16.0 Å². The van der Waals surface area contributed by atoms with E-state index < -0.39 is 0 Å². The maximum atomic E-state index is 12.8. The van der Waals surface area contributed by atoms with E-state index in [2.05, 4.69) is 0 Å². The molecule has 0 saturated carbocycles. The molecule has 4 heteroatoms. The number of amides is 1. The van der Waals surface area contributed by atoms with Crippen LogP contribution in [0.25, 0.3) is 0 Å². The molecule has 4 nitrogen and oxygen atoms in total. The van der Waals surface area contributed by atoms with Crippen LogP contribution < -0.4 is 9.64 Å². The topological polar surface area (TPSA) is 46.6 Å². The van der Waals surface area contributed by atoms with Crippen LogP contribution in [0.1, 0.15) is 43.9 Å². The van der Waals surface area contributed by atoms with Crippen molar-refractivity contribution in [3.05, 3.63) is 59.2 Å². The molecule has 0 heterocycles. The normalized spacial score (nSPS) is 10.7. The summed E-state index contributed by atoms with van der Waals surface area (Å²) in [6.45, 7) is 9.62. The number of hydrogen-bond acceptors (Lipinski definition) is 3. The molecule has 27 heavy (non-hydrogen) atoms. The molecular weight excluding hydrogens is 338 g/mol. The Kier molecular flexibility index (Phi) is 7.17. The first-order chi connectivity index (χ1) is 12.8. The summed E-state index contributed by atoms with van der Waals surface area (Å²) in [7, 11) is 0. The van der Waals surface area contributed by atoms with Crippen molar-refractivity contribution in [2.24, 2.45) is 0 Å². The van der Waals surface area contributed by atoms with Crippen molar-refractivity contribution in [2.45, 2.75) is 53.5 Å². The van der Waals surface area contributed by atoms with Crippen molar-refractivity contribution in [3.8, 4) is 5.75 Å². The zero-order chi connectivity index (χ0) is 20.0. The molecule has 2 aromatic carbocycles. The lowest BCUT2D eigenvalue weighted by Crippen LogP contribution is -2.40. The Hall–Kier alpha value is -2.62. The number of ketones is 1. The van der Waals surface area contributed by atoms with Crippen molar-refractivity contribution >= 4 is 17.4 Å². The summed E-state index contributed by atoms with van der Waals surface area (Å²) in [5.74, 6) is 0.764. The van der Waals surface area contributed by atoms with E-state index in [1.807, 2.05) is 70.2 Å². The fourth-order valence-corrected chi connectivity index (χ4v) is 2.97. The molecule has 0 saturated heterocycles. The first kappa shape index (κ1) is 20.7. The second-order valence-corrected chi connectivity index (χ2v) is 7.28. The summed E-state index contributed by atoms with van der Waals surface area (Å²) in [6, 6.07) is 13.7. The first-order valence-electron chi connectivity index (χ1n) is 9.38. The summed E-state index contributed by atoms with van der Waals surface area (Å²) in [6.07, 6.45) is 1.26. The van der Waals surface area contributed by atoms with Gasteiger partial charge in [-0.2, -0.15) is 0 Å². The van der Waals surface area contributed by atoms with Gasteiger partial charge in [0.05, 0.1) is 0 Å². The van der Waals surface area contributed by atoms with Crippen LogP contribution in [0.4, 0.5) is 5.69 Å². The monoisotopic (exact) mass is 367 g/mol. The number of ether oxygens (including phenoxy) is 1. The molecule has 0 bridgehead atoms. The Balaban J connectivity index is 2.04. The molecule has 0 aromatic heterocycles. The van der Waals surface area contributed by atoms with Gasteiger partial charge in [0.2, 0.25) is 0 Å². The van der Waals surface area contributed by atoms with E-state index in [-0.39, 0.29) is 24.3 Å². The van der Waals surface area contributed by atoms with Crippen molar-refractivity contribution < 1.29 is 14.3 Å². The van der Waals surface area contributed by atoms with Crippen LogP contribution in [-0.4, -0.2) is 24.3 Å². The van der Waals surface area contributed by atoms with Gasteiger partial charge in [0.1, 0.15) is 11.5 Å². The van der Waals surface area contributed by atoms with E-state index in [1.54, 1.807) is 11.8 Å². The van der Waals surface area contributed by atoms with Crippen molar-refractivity contribution in [1.82, 2.24) is 0 Å². The second kappa shape index (κ2) is 9.36. The molecule has 0 N–H and O–H groups in total. The van der Waals surface area contributed by atoms with Gasteiger partial charge in [-0.1, -0.05) is 24.3 Å². The highest BCUT2D eigenvalue weighted by Gasteiger charge is 2.21. The van der Waals surface area contributed by atoms with Gasteiger partial charge in [-0.3, -0.25) is 4.79 Å². The average Bonchev–Trinajstić information content (AvgIpc) is 2.62. The summed E-state index contributed by atoms with van der Waals surface area (Å²) >= 11 is 0. The number of hydrogen-bond donors (Lipinski definition) is 0. The summed E-state index contributed by atoms with van der Waals surface area (Å²) in [5, 5.41) is 0. The second-order valence-electron chi connectivity index (χ2n) is 7.28. The molecule has 2 rings (SSSR count). The van der Waals surface area contributed by atoms with Gasteiger partial charge in [0.25, 0.3) is 5.91 Å².